The summed E-state index contributed by atoms with van der Waals surface area (Å²) < 4.78 is 13.6. The quantitative estimate of drug-likeness (QED) is 0.798. The Morgan fingerprint density at radius 3 is 2.89 bits per heavy atom. The van der Waals surface area contributed by atoms with E-state index in [0.29, 0.717) is 10.9 Å². The van der Waals surface area contributed by atoms with Crippen LogP contribution in [-0.2, 0) is 11.2 Å². The van der Waals surface area contributed by atoms with Crippen LogP contribution >= 0.6 is 15.9 Å². The number of ketones is 1. The third kappa shape index (κ3) is 3.52. The second-order valence-electron chi connectivity index (χ2n) is 4.66. The largest absolute Gasteiger partial charge is 0.294 e. The highest BCUT2D eigenvalue weighted by molar-refractivity contribution is 9.10. The minimum atomic E-state index is -0.285. The van der Waals surface area contributed by atoms with Gasteiger partial charge in [-0.05, 0) is 49.0 Å². The van der Waals surface area contributed by atoms with E-state index in [1.165, 1.54) is 25.0 Å². The van der Waals surface area contributed by atoms with Crippen molar-refractivity contribution in [3.05, 3.63) is 45.7 Å². The Balaban J connectivity index is 2.08. The van der Waals surface area contributed by atoms with Crippen LogP contribution in [0.4, 0.5) is 4.39 Å². The number of hydrogen-bond acceptors (Lipinski definition) is 1. The van der Waals surface area contributed by atoms with Crippen LogP contribution in [0.3, 0.4) is 0 Å². The topological polar surface area (TPSA) is 17.1 Å². The first kappa shape index (κ1) is 13.5. The van der Waals surface area contributed by atoms with Crippen molar-refractivity contribution >= 4 is 21.7 Å². The zero-order chi connectivity index (χ0) is 13.0. The van der Waals surface area contributed by atoms with Crippen molar-refractivity contribution in [1.82, 2.24) is 0 Å². The van der Waals surface area contributed by atoms with Crippen molar-refractivity contribution in [1.29, 1.82) is 0 Å². The molecule has 0 saturated heterocycles. The normalized spacial score (nSPS) is 16.0. The van der Waals surface area contributed by atoms with E-state index in [1.807, 2.05) is 0 Å². The predicted octanol–water partition coefficient (Wildman–Crippen LogP) is 4.59. The summed E-state index contributed by atoms with van der Waals surface area (Å²) in [5.74, 6) is -0.115. The molecule has 96 valence electrons. The Bertz CT molecular complexity index is 479. The molecule has 3 heteroatoms. The molecule has 0 fully saturated rings. The molecule has 2 rings (SSSR count). The molecule has 0 unspecified atom stereocenters. The number of hydrogen-bond donors (Lipinski definition) is 0. The summed E-state index contributed by atoms with van der Waals surface area (Å²) in [7, 11) is 0. The molecule has 1 aromatic rings. The van der Waals surface area contributed by atoms with Gasteiger partial charge >= 0.3 is 0 Å². The van der Waals surface area contributed by atoms with Crippen LogP contribution in [0.2, 0.25) is 0 Å². The van der Waals surface area contributed by atoms with E-state index in [9.17, 15) is 9.18 Å². The van der Waals surface area contributed by atoms with Crippen LogP contribution < -0.4 is 0 Å². The maximum absolute atomic E-state index is 13.0. The zero-order valence-corrected chi connectivity index (χ0v) is 11.8. The molecule has 0 spiro atoms. The smallest absolute Gasteiger partial charge is 0.162 e. The van der Waals surface area contributed by atoms with Gasteiger partial charge in [0.2, 0.25) is 0 Å². The van der Waals surface area contributed by atoms with Crippen molar-refractivity contribution in [3.8, 4) is 0 Å². The molecular weight excluding hydrogens is 295 g/mol. The number of halogens is 2. The molecule has 1 nitrogen and oxygen atoms in total. The van der Waals surface area contributed by atoms with Crippen molar-refractivity contribution in [2.24, 2.45) is 0 Å². The molecule has 0 atom stereocenters. The van der Waals surface area contributed by atoms with Gasteiger partial charge in [-0.3, -0.25) is 4.79 Å². The lowest BCUT2D eigenvalue weighted by molar-refractivity contribution is -0.115. The maximum atomic E-state index is 13.0. The first-order chi connectivity index (χ1) is 8.66. The number of Topliss-reactive ketones (excluding diaryl/α,β-unsaturated/α-hetero) is 1. The van der Waals surface area contributed by atoms with Crippen LogP contribution in [0, 0.1) is 5.82 Å². The highest BCUT2D eigenvalue weighted by atomic mass is 79.9. The lowest BCUT2D eigenvalue weighted by atomic mass is 10.00. The fourth-order valence-electron chi connectivity index (χ4n) is 2.22. The molecule has 1 aliphatic rings. The summed E-state index contributed by atoms with van der Waals surface area (Å²) in [6.45, 7) is 0. The standard InChI is InChI=1S/C15H16BrFO/c16-14-10-13(17)8-7-12(14)9-15(18)11-5-3-1-2-4-6-11/h5,7-8,10H,1-4,6,9H2. The van der Waals surface area contributed by atoms with Crippen LogP contribution in [0.25, 0.3) is 0 Å². The maximum Gasteiger partial charge on any atom is 0.162 e. The predicted molar refractivity (Wildman–Crippen MR) is 74.0 cm³/mol. The van der Waals surface area contributed by atoms with Crippen LogP contribution in [0.5, 0.6) is 0 Å². The van der Waals surface area contributed by atoms with Gasteiger partial charge < -0.3 is 0 Å². The van der Waals surface area contributed by atoms with Gasteiger partial charge in [-0.2, -0.15) is 0 Å². The zero-order valence-electron chi connectivity index (χ0n) is 10.2. The average molecular weight is 311 g/mol. The molecule has 0 saturated carbocycles. The lowest BCUT2D eigenvalue weighted by Crippen LogP contribution is -2.07. The van der Waals surface area contributed by atoms with E-state index in [4.69, 9.17) is 0 Å². The van der Waals surface area contributed by atoms with Gasteiger partial charge in [0.25, 0.3) is 0 Å². The van der Waals surface area contributed by atoms with Gasteiger partial charge in [0.1, 0.15) is 5.82 Å². The Hall–Kier alpha value is -0.960. The molecule has 0 aliphatic heterocycles. The van der Waals surface area contributed by atoms with Gasteiger partial charge in [-0.25, -0.2) is 4.39 Å². The molecule has 0 aromatic heterocycles. The van der Waals surface area contributed by atoms with E-state index in [1.54, 1.807) is 6.07 Å². The minimum Gasteiger partial charge on any atom is -0.294 e. The number of benzene rings is 1. The summed E-state index contributed by atoms with van der Waals surface area (Å²) in [4.78, 5) is 12.2. The first-order valence-electron chi connectivity index (χ1n) is 6.33. The van der Waals surface area contributed by atoms with Gasteiger partial charge in [0.05, 0.1) is 0 Å². The first-order valence-corrected chi connectivity index (χ1v) is 7.12. The molecule has 0 heterocycles. The number of rotatable bonds is 3. The monoisotopic (exact) mass is 310 g/mol. The van der Waals surface area contributed by atoms with E-state index in [0.717, 1.165) is 30.4 Å². The molecule has 1 aliphatic carbocycles. The summed E-state index contributed by atoms with van der Waals surface area (Å²) in [5, 5.41) is 0. The minimum absolute atomic E-state index is 0.171. The molecule has 0 radical (unpaired) electrons. The summed E-state index contributed by atoms with van der Waals surface area (Å²) in [6, 6.07) is 4.48. The van der Waals surface area contributed by atoms with E-state index in [2.05, 4.69) is 22.0 Å². The van der Waals surface area contributed by atoms with Crippen LogP contribution in [0.1, 0.15) is 37.7 Å². The fourth-order valence-corrected chi connectivity index (χ4v) is 2.71. The molecule has 0 N–H and O–H groups in total. The highest BCUT2D eigenvalue weighted by Crippen LogP contribution is 2.23. The summed E-state index contributed by atoms with van der Waals surface area (Å²) in [5.41, 5.74) is 1.80. The number of carbonyl (C=O) groups excluding carboxylic acids is 1. The van der Waals surface area contributed by atoms with Crippen molar-refractivity contribution < 1.29 is 9.18 Å². The molecule has 0 bridgehead atoms. The summed E-state index contributed by atoms with van der Waals surface area (Å²) >= 11 is 3.30. The SMILES string of the molecule is O=C(Cc1ccc(F)cc1Br)C1=CCCCCC1. The highest BCUT2D eigenvalue weighted by Gasteiger charge is 2.13. The van der Waals surface area contributed by atoms with Crippen molar-refractivity contribution in [2.75, 3.05) is 0 Å². The Labute approximate surface area is 115 Å². The van der Waals surface area contributed by atoms with Crippen molar-refractivity contribution in [2.45, 2.75) is 38.5 Å². The van der Waals surface area contributed by atoms with E-state index < -0.39 is 0 Å². The Kier molecular flexibility index (Phi) is 4.70. The van der Waals surface area contributed by atoms with E-state index in [-0.39, 0.29) is 11.6 Å². The fraction of sp³-hybridized carbons (Fsp3) is 0.400. The second-order valence-corrected chi connectivity index (χ2v) is 5.52. The van der Waals surface area contributed by atoms with Gasteiger partial charge in [-0.1, -0.05) is 34.5 Å². The Morgan fingerprint density at radius 1 is 1.28 bits per heavy atom. The number of carbonyl (C=O) groups is 1. The average Bonchev–Trinajstić information content (AvgIpc) is 2.61. The van der Waals surface area contributed by atoms with Crippen LogP contribution in [-0.4, -0.2) is 5.78 Å². The van der Waals surface area contributed by atoms with Gasteiger partial charge in [0, 0.05) is 10.9 Å². The molecule has 0 amide bonds. The van der Waals surface area contributed by atoms with Gasteiger partial charge in [0.15, 0.2) is 5.78 Å². The second kappa shape index (κ2) is 6.28. The van der Waals surface area contributed by atoms with Crippen LogP contribution in [0.15, 0.2) is 34.3 Å². The lowest BCUT2D eigenvalue weighted by Gasteiger charge is -2.06. The molecule has 18 heavy (non-hydrogen) atoms. The third-order valence-electron chi connectivity index (χ3n) is 3.27. The third-order valence-corrected chi connectivity index (χ3v) is 4.00. The number of allylic oxidation sites excluding steroid dienone is 2. The molecule has 1 aromatic carbocycles. The molecular formula is C15H16BrFO. The van der Waals surface area contributed by atoms with Crippen molar-refractivity contribution in [3.63, 3.8) is 0 Å². The van der Waals surface area contributed by atoms with Gasteiger partial charge in [-0.15, -0.1) is 0 Å². The van der Waals surface area contributed by atoms with E-state index >= 15 is 0 Å². The summed E-state index contributed by atoms with van der Waals surface area (Å²) in [6.07, 6.45) is 7.80. The Morgan fingerprint density at radius 2 is 2.11 bits per heavy atom.